The summed E-state index contributed by atoms with van der Waals surface area (Å²) < 4.78 is 82.8. The van der Waals surface area contributed by atoms with E-state index in [1.54, 1.807) is 0 Å². The fourth-order valence-electron chi connectivity index (χ4n) is 1.88. The minimum Gasteiger partial charge on any atom is -0.337 e. The molecular formula is C17H26F6O2. The van der Waals surface area contributed by atoms with Gasteiger partial charge in [0, 0.05) is 0 Å². The number of ether oxygens (including phenoxy) is 2. The third-order valence-corrected chi connectivity index (χ3v) is 3.22. The molecule has 0 aliphatic heterocycles. The van der Waals surface area contributed by atoms with E-state index in [0.29, 0.717) is 6.42 Å². The lowest BCUT2D eigenvalue weighted by Gasteiger charge is -2.28. The SMILES string of the molecule is CC(C)=CCCC(C)C/C=C/C(C)(OCC(F)(F)F)OCC(F)(F)F. The highest BCUT2D eigenvalue weighted by Gasteiger charge is 2.37. The molecule has 0 aromatic carbocycles. The minimum absolute atomic E-state index is 0.223. The predicted octanol–water partition coefficient (Wildman–Crippen LogP) is 6.19. The summed E-state index contributed by atoms with van der Waals surface area (Å²) in [5.74, 6) is -1.87. The quantitative estimate of drug-likeness (QED) is 0.257. The van der Waals surface area contributed by atoms with Crippen molar-refractivity contribution in [1.29, 1.82) is 0 Å². The van der Waals surface area contributed by atoms with Gasteiger partial charge in [-0.05, 0) is 52.0 Å². The Morgan fingerprint density at radius 2 is 1.44 bits per heavy atom. The summed E-state index contributed by atoms with van der Waals surface area (Å²) in [4.78, 5) is 0. The maximum atomic E-state index is 12.3. The topological polar surface area (TPSA) is 18.5 Å². The average molecular weight is 376 g/mol. The van der Waals surface area contributed by atoms with Gasteiger partial charge in [-0.15, -0.1) is 0 Å². The molecule has 0 aromatic rings. The highest BCUT2D eigenvalue weighted by molar-refractivity contribution is 4.96. The van der Waals surface area contributed by atoms with E-state index in [-0.39, 0.29) is 5.92 Å². The summed E-state index contributed by atoms with van der Waals surface area (Å²) in [7, 11) is 0. The Balaban J connectivity index is 4.71. The van der Waals surface area contributed by atoms with Crippen LogP contribution in [0, 0.1) is 5.92 Å². The molecule has 0 N–H and O–H groups in total. The van der Waals surface area contributed by atoms with Crippen LogP contribution in [-0.2, 0) is 9.47 Å². The molecule has 0 spiro atoms. The lowest BCUT2D eigenvalue weighted by molar-refractivity contribution is -0.284. The van der Waals surface area contributed by atoms with Crippen molar-refractivity contribution in [1.82, 2.24) is 0 Å². The molecule has 1 unspecified atom stereocenters. The first-order chi connectivity index (χ1) is 11.2. The molecule has 0 saturated heterocycles. The average Bonchev–Trinajstić information content (AvgIpc) is 2.41. The minimum atomic E-state index is -4.66. The van der Waals surface area contributed by atoms with Crippen molar-refractivity contribution in [2.75, 3.05) is 13.2 Å². The second kappa shape index (κ2) is 10.2. The number of hydrogen-bond donors (Lipinski definition) is 0. The van der Waals surface area contributed by atoms with E-state index in [2.05, 4.69) is 15.5 Å². The molecule has 0 rings (SSSR count). The van der Waals surface area contributed by atoms with Gasteiger partial charge < -0.3 is 9.47 Å². The molecule has 0 bridgehead atoms. The molecule has 0 radical (unpaired) electrons. The third-order valence-electron chi connectivity index (χ3n) is 3.22. The van der Waals surface area contributed by atoms with Crippen LogP contribution < -0.4 is 0 Å². The van der Waals surface area contributed by atoms with Gasteiger partial charge in [0.05, 0.1) is 0 Å². The molecule has 0 fully saturated rings. The van der Waals surface area contributed by atoms with Gasteiger partial charge in [0.25, 0.3) is 0 Å². The molecular weight excluding hydrogens is 350 g/mol. The molecule has 0 saturated carbocycles. The van der Waals surface area contributed by atoms with E-state index < -0.39 is 31.4 Å². The van der Waals surface area contributed by atoms with Gasteiger partial charge in [0.2, 0.25) is 0 Å². The van der Waals surface area contributed by atoms with Crippen molar-refractivity contribution in [3.8, 4) is 0 Å². The summed E-state index contributed by atoms with van der Waals surface area (Å²) >= 11 is 0. The van der Waals surface area contributed by atoms with Crippen LogP contribution >= 0.6 is 0 Å². The van der Waals surface area contributed by atoms with Crippen LogP contribution in [0.25, 0.3) is 0 Å². The van der Waals surface area contributed by atoms with E-state index in [1.807, 2.05) is 20.8 Å². The Hall–Kier alpha value is -1.02. The van der Waals surface area contributed by atoms with Gasteiger partial charge >= 0.3 is 12.4 Å². The lowest BCUT2D eigenvalue weighted by Crippen LogP contribution is -2.37. The number of allylic oxidation sites excluding steroid dienone is 3. The first-order valence-electron chi connectivity index (χ1n) is 7.95. The molecule has 0 heterocycles. The van der Waals surface area contributed by atoms with Gasteiger partial charge in [0.1, 0.15) is 13.2 Å². The number of hydrogen-bond acceptors (Lipinski definition) is 2. The van der Waals surface area contributed by atoms with Gasteiger partial charge in [-0.25, -0.2) is 0 Å². The molecule has 1 atom stereocenters. The number of alkyl halides is 6. The maximum Gasteiger partial charge on any atom is 0.411 e. The highest BCUT2D eigenvalue weighted by atomic mass is 19.4. The summed E-state index contributed by atoms with van der Waals surface area (Å²) in [6, 6.07) is 0. The van der Waals surface area contributed by atoms with E-state index in [9.17, 15) is 26.3 Å². The van der Waals surface area contributed by atoms with Crippen molar-refractivity contribution in [3.63, 3.8) is 0 Å². The zero-order valence-corrected chi connectivity index (χ0v) is 14.9. The van der Waals surface area contributed by atoms with E-state index in [1.165, 1.54) is 11.6 Å². The van der Waals surface area contributed by atoms with E-state index in [4.69, 9.17) is 0 Å². The van der Waals surface area contributed by atoms with Crippen LogP contribution in [0.5, 0.6) is 0 Å². The molecule has 148 valence electrons. The van der Waals surface area contributed by atoms with Crippen molar-refractivity contribution in [2.24, 2.45) is 5.92 Å². The first-order valence-corrected chi connectivity index (χ1v) is 7.95. The van der Waals surface area contributed by atoms with Crippen LogP contribution in [-0.4, -0.2) is 31.4 Å². The van der Waals surface area contributed by atoms with Gasteiger partial charge in [-0.3, -0.25) is 0 Å². The Morgan fingerprint density at radius 3 is 1.84 bits per heavy atom. The Bertz CT molecular complexity index is 415. The van der Waals surface area contributed by atoms with Crippen molar-refractivity contribution < 1.29 is 35.8 Å². The smallest absolute Gasteiger partial charge is 0.337 e. The number of rotatable bonds is 10. The second-order valence-corrected chi connectivity index (χ2v) is 6.43. The van der Waals surface area contributed by atoms with Crippen LogP contribution in [0.2, 0.25) is 0 Å². The summed E-state index contributed by atoms with van der Waals surface area (Å²) in [6.07, 6.45) is -2.41. The maximum absolute atomic E-state index is 12.3. The van der Waals surface area contributed by atoms with Crippen molar-refractivity contribution in [3.05, 3.63) is 23.8 Å². The van der Waals surface area contributed by atoms with E-state index in [0.717, 1.165) is 25.8 Å². The van der Waals surface area contributed by atoms with Crippen LogP contribution in [0.1, 0.15) is 47.0 Å². The van der Waals surface area contributed by atoms with Crippen LogP contribution in [0.15, 0.2) is 23.8 Å². The van der Waals surface area contributed by atoms with E-state index >= 15 is 0 Å². The predicted molar refractivity (Wildman–Crippen MR) is 84.0 cm³/mol. The molecule has 0 amide bonds. The molecule has 25 heavy (non-hydrogen) atoms. The van der Waals surface area contributed by atoms with Crippen molar-refractivity contribution >= 4 is 0 Å². The Labute approximate surface area is 144 Å². The fraction of sp³-hybridized carbons (Fsp3) is 0.765. The monoisotopic (exact) mass is 376 g/mol. The zero-order chi connectivity index (χ0) is 19.7. The molecule has 0 aliphatic rings. The van der Waals surface area contributed by atoms with Crippen LogP contribution in [0.3, 0.4) is 0 Å². The highest BCUT2D eigenvalue weighted by Crippen LogP contribution is 2.25. The molecule has 2 nitrogen and oxygen atoms in total. The molecule has 0 aliphatic carbocycles. The number of halogens is 6. The Kier molecular flexibility index (Phi) is 9.79. The zero-order valence-electron chi connectivity index (χ0n) is 14.9. The normalized spacial score (nSPS) is 14.8. The first kappa shape index (κ1) is 24.0. The van der Waals surface area contributed by atoms with Gasteiger partial charge in [-0.1, -0.05) is 24.6 Å². The summed E-state index contributed by atoms with van der Waals surface area (Å²) in [6.45, 7) is 3.56. The Morgan fingerprint density at radius 1 is 0.960 bits per heavy atom. The largest absolute Gasteiger partial charge is 0.411 e. The van der Waals surface area contributed by atoms with Gasteiger partial charge in [0.15, 0.2) is 5.79 Å². The summed E-state index contributed by atoms with van der Waals surface area (Å²) in [5, 5.41) is 0. The molecule has 8 heteroatoms. The van der Waals surface area contributed by atoms with Crippen molar-refractivity contribution in [2.45, 2.75) is 65.1 Å². The second-order valence-electron chi connectivity index (χ2n) is 6.43. The standard InChI is InChI=1S/C17H26F6O2/c1-13(2)7-5-8-14(3)9-6-10-15(4,24-11-16(18,19)20)25-12-17(21,22)23/h6-7,10,14H,5,8-9,11-12H2,1-4H3/b10-6+. The lowest BCUT2D eigenvalue weighted by atomic mass is 10.0. The summed E-state index contributed by atoms with van der Waals surface area (Å²) in [5.41, 5.74) is 1.19. The fourth-order valence-corrected chi connectivity index (χ4v) is 1.88. The molecule has 0 aromatic heterocycles. The third kappa shape index (κ3) is 15.0. The van der Waals surface area contributed by atoms with Crippen LogP contribution in [0.4, 0.5) is 26.3 Å². The van der Waals surface area contributed by atoms with Gasteiger partial charge in [-0.2, -0.15) is 26.3 Å².